The maximum atomic E-state index is 12.3. The smallest absolute Gasteiger partial charge is 0.422 e. The van der Waals surface area contributed by atoms with Gasteiger partial charge in [0, 0.05) is 19.0 Å². The minimum atomic E-state index is -4.39. The molecule has 1 heterocycles. The fraction of sp³-hybridized carbons (Fsp3) is 0.529. The molecule has 0 radical (unpaired) electrons. The predicted octanol–water partition coefficient (Wildman–Crippen LogP) is 2.60. The maximum absolute atomic E-state index is 12.3. The molecule has 2 rings (SSSR count). The summed E-state index contributed by atoms with van der Waals surface area (Å²) in [4.78, 5) is 25.1. The van der Waals surface area contributed by atoms with Crippen LogP contribution >= 0.6 is 0 Å². The third kappa shape index (κ3) is 5.82. The number of hydrogen-bond acceptors (Lipinski definition) is 3. The quantitative estimate of drug-likeness (QED) is 0.832. The molecule has 144 valence electrons. The first-order chi connectivity index (χ1) is 12.2. The van der Waals surface area contributed by atoms with Crippen molar-refractivity contribution in [3.8, 4) is 5.75 Å². The van der Waals surface area contributed by atoms with Crippen molar-refractivity contribution in [2.24, 2.45) is 11.7 Å². The number of nitrogens with zero attached hydrogens (tertiary/aromatic N) is 1. The number of nitrogens with one attached hydrogen (secondary N) is 1. The number of alkyl halides is 3. The van der Waals surface area contributed by atoms with Crippen molar-refractivity contribution in [3.63, 3.8) is 0 Å². The molecule has 1 aromatic rings. The number of carbonyl (C=O) groups excluding carboxylic acids is 2. The molecular weight excluding hydrogens is 351 g/mol. The second-order valence-electron chi connectivity index (χ2n) is 6.31. The van der Waals surface area contributed by atoms with E-state index in [2.05, 4.69) is 10.1 Å². The topological polar surface area (TPSA) is 84.7 Å². The molecule has 26 heavy (non-hydrogen) atoms. The number of benzene rings is 1. The van der Waals surface area contributed by atoms with Crippen molar-refractivity contribution in [2.75, 3.05) is 19.7 Å². The van der Waals surface area contributed by atoms with Gasteiger partial charge in [0.25, 0.3) is 0 Å². The van der Waals surface area contributed by atoms with Gasteiger partial charge in [0.05, 0.1) is 6.04 Å². The van der Waals surface area contributed by atoms with Crippen LogP contribution in [0.25, 0.3) is 0 Å². The van der Waals surface area contributed by atoms with Crippen LogP contribution in [0.1, 0.15) is 31.4 Å². The molecule has 1 aliphatic heterocycles. The average molecular weight is 373 g/mol. The Kier molecular flexibility index (Phi) is 6.33. The number of rotatable bonds is 5. The first-order valence-electron chi connectivity index (χ1n) is 8.30. The van der Waals surface area contributed by atoms with Crippen LogP contribution in [0.4, 0.5) is 18.0 Å². The Hall–Kier alpha value is -2.45. The summed E-state index contributed by atoms with van der Waals surface area (Å²) in [6, 6.07) is 5.50. The number of piperidine rings is 1. The Morgan fingerprint density at radius 3 is 2.35 bits per heavy atom. The molecule has 6 nitrogen and oxygen atoms in total. The summed E-state index contributed by atoms with van der Waals surface area (Å²) >= 11 is 0. The van der Waals surface area contributed by atoms with Crippen LogP contribution in [0.3, 0.4) is 0 Å². The van der Waals surface area contributed by atoms with Crippen LogP contribution in [0.15, 0.2) is 24.3 Å². The maximum Gasteiger partial charge on any atom is 0.422 e. The van der Waals surface area contributed by atoms with Gasteiger partial charge in [-0.15, -0.1) is 0 Å². The van der Waals surface area contributed by atoms with E-state index in [1.165, 1.54) is 12.1 Å². The number of ether oxygens (including phenoxy) is 1. The van der Waals surface area contributed by atoms with Crippen molar-refractivity contribution in [3.05, 3.63) is 29.8 Å². The molecule has 1 saturated heterocycles. The Bertz CT molecular complexity index is 626. The lowest BCUT2D eigenvalue weighted by molar-refractivity contribution is -0.153. The Balaban J connectivity index is 1.84. The van der Waals surface area contributed by atoms with E-state index in [0.717, 1.165) is 5.56 Å². The van der Waals surface area contributed by atoms with Crippen LogP contribution in [0.5, 0.6) is 5.75 Å². The lowest BCUT2D eigenvalue weighted by Gasteiger charge is -2.31. The second-order valence-corrected chi connectivity index (χ2v) is 6.31. The molecule has 1 atom stereocenters. The normalized spacial score (nSPS) is 16.8. The standard InChI is InChI=1S/C17H22F3N3O3/c1-11(12-2-4-14(5-3-12)26-10-17(18,19)20)22-16(25)23-8-6-13(7-9-23)15(21)24/h2-5,11,13H,6-10H2,1H3,(H2,21,24)(H,22,25). The first-order valence-corrected chi connectivity index (χ1v) is 8.30. The Labute approximate surface area is 149 Å². The number of nitrogens with two attached hydrogens (primary N) is 1. The highest BCUT2D eigenvalue weighted by molar-refractivity contribution is 5.78. The van der Waals surface area contributed by atoms with Gasteiger partial charge in [-0.05, 0) is 37.5 Å². The molecule has 0 spiro atoms. The zero-order valence-corrected chi connectivity index (χ0v) is 14.4. The zero-order chi connectivity index (χ0) is 19.3. The van der Waals surface area contributed by atoms with Gasteiger partial charge >= 0.3 is 12.2 Å². The molecule has 1 aliphatic rings. The van der Waals surface area contributed by atoms with E-state index in [1.54, 1.807) is 24.0 Å². The number of hydrogen-bond donors (Lipinski definition) is 2. The van der Waals surface area contributed by atoms with Gasteiger partial charge in [-0.3, -0.25) is 4.79 Å². The van der Waals surface area contributed by atoms with Crippen LogP contribution in [0.2, 0.25) is 0 Å². The second kappa shape index (κ2) is 8.29. The van der Waals surface area contributed by atoms with Crippen LogP contribution in [0, 0.1) is 5.92 Å². The Morgan fingerprint density at radius 2 is 1.85 bits per heavy atom. The SMILES string of the molecule is CC(NC(=O)N1CCC(C(N)=O)CC1)c1ccc(OCC(F)(F)F)cc1. The number of amides is 3. The number of halogens is 3. The summed E-state index contributed by atoms with van der Waals surface area (Å²) in [6.45, 7) is 1.34. The molecule has 1 aromatic carbocycles. The van der Waals surface area contributed by atoms with Crippen molar-refractivity contribution in [1.29, 1.82) is 0 Å². The van der Waals surface area contributed by atoms with Gasteiger partial charge in [-0.2, -0.15) is 13.2 Å². The van der Waals surface area contributed by atoms with Crippen molar-refractivity contribution in [1.82, 2.24) is 10.2 Å². The summed E-state index contributed by atoms with van der Waals surface area (Å²) in [5.41, 5.74) is 6.01. The highest BCUT2D eigenvalue weighted by Crippen LogP contribution is 2.22. The average Bonchev–Trinajstić information content (AvgIpc) is 2.59. The largest absolute Gasteiger partial charge is 0.484 e. The molecule has 0 aromatic heterocycles. The zero-order valence-electron chi connectivity index (χ0n) is 14.4. The van der Waals surface area contributed by atoms with Gasteiger partial charge in [0.1, 0.15) is 5.75 Å². The fourth-order valence-electron chi connectivity index (χ4n) is 2.74. The third-order valence-corrected chi connectivity index (χ3v) is 4.31. The molecular formula is C17H22F3N3O3. The lowest BCUT2D eigenvalue weighted by Crippen LogP contribution is -2.46. The van der Waals surface area contributed by atoms with Crippen LogP contribution in [-0.4, -0.2) is 42.7 Å². The highest BCUT2D eigenvalue weighted by atomic mass is 19.4. The van der Waals surface area contributed by atoms with Crippen LogP contribution < -0.4 is 15.8 Å². The van der Waals surface area contributed by atoms with E-state index in [0.29, 0.717) is 25.9 Å². The summed E-state index contributed by atoms with van der Waals surface area (Å²) in [7, 11) is 0. The number of carbonyl (C=O) groups is 2. The minimum absolute atomic E-state index is 0.109. The highest BCUT2D eigenvalue weighted by Gasteiger charge is 2.28. The van der Waals surface area contributed by atoms with Crippen LogP contribution in [-0.2, 0) is 4.79 Å². The number of likely N-dealkylation sites (tertiary alicyclic amines) is 1. The minimum Gasteiger partial charge on any atom is -0.484 e. The monoisotopic (exact) mass is 373 g/mol. The van der Waals surface area contributed by atoms with Crippen molar-refractivity contribution < 1.29 is 27.5 Å². The lowest BCUT2D eigenvalue weighted by atomic mass is 9.96. The molecule has 1 fully saturated rings. The number of primary amides is 1. The summed E-state index contributed by atoms with van der Waals surface area (Å²) in [6.07, 6.45) is -3.30. The van der Waals surface area contributed by atoms with Crippen molar-refractivity contribution in [2.45, 2.75) is 32.0 Å². The summed E-state index contributed by atoms with van der Waals surface area (Å²) in [5.74, 6) is -0.426. The molecule has 0 aliphatic carbocycles. The fourth-order valence-corrected chi connectivity index (χ4v) is 2.74. The molecule has 0 saturated carbocycles. The van der Waals surface area contributed by atoms with Gasteiger partial charge in [-0.25, -0.2) is 4.79 Å². The van der Waals surface area contributed by atoms with Gasteiger partial charge in [0.15, 0.2) is 6.61 Å². The first kappa shape index (κ1) is 19.9. The van der Waals surface area contributed by atoms with E-state index in [1.807, 2.05) is 0 Å². The molecule has 1 unspecified atom stereocenters. The van der Waals surface area contributed by atoms with Gasteiger partial charge < -0.3 is 20.7 Å². The van der Waals surface area contributed by atoms with Gasteiger partial charge in [0.2, 0.25) is 5.91 Å². The van der Waals surface area contributed by atoms with E-state index in [4.69, 9.17) is 5.73 Å². The van der Waals surface area contributed by atoms with E-state index in [9.17, 15) is 22.8 Å². The molecule has 3 N–H and O–H groups in total. The van der Waals surface area contributed by atoms with Crippen molar-refractivity contribution >= 4 is 11.9 Å². The third-order valence-electron chi connectivity index (χ3n) is 4.31. The molecule has 9 heteroatoms. The summed E-state index contributed by atoms with van der Waals surface area (Å²) < 4.78 is 41.1. The predicted molar refractivity (Wildman–Crippen MR) is 88.4 cm³/mol. The Morgan fingerprint density at radius 1 is 1.27 bits per heavy atom. The van der Waals surface area contributed by atoms with E-state index < -0.39 is 12.8 Å². The van der Waals surface area contributed by atoms with Gasteiger partial charge in [-0.1, -0.05) is 12.1 Å². The number of urea groups is 1. The molecule has 3 amide bonds. The van der Waals surface area contributed by atoms with E-state index in [-0.39, 0.29) is 29.6 Å². The van der Waals surface area contributed by atoms with E-state index >= 15 is 0 Å². The summed E-state index contributed by atoms with van der Waals surface area (Å²) in [5, 5.41) is 2.84. The molecule has 0 bridgehead atoms.